The second-order valence-corrected chi connectivity index (χ2v) is 4.82. The summed E-state index contributed by atoms with van der Waals surface area (Å²) in [7, 11) is 0. The van der Waals surface area contributed by atoms with E-state index in [2.05, 4.69) is 0 Å². The van der Waals surface area contributed by atoms with Crippen LogP contribution in [0.15, 0.2) is 18.2 Å². The van der Waals surface area contributed by atoms with Gasteiger partial charge < -0.3 is 9.47 Å². The quantitative estimate of drug-likeness (QED) is 0.584. The molecule has 0 heterocycles. The van der Waals surface area contributed by atoms with Gasteiger partial charge in [-0.1, -0.05) is 0 Å². The molecule has 0 unspecified atom stereocenters. The largest absolute Gasteiger partial charge is 0.491 e. The van der Waals surface area contributed by atoms with Crippen molar-refractivity contribution in [2.75, 3.05) is 5.88 Å². The Morgan fingerprint density at radius 3 is 2.28 bits per heavy atom. The molecule has 1 rings (SSSR count). The number of carbonyl (C=O) groups is 1. The Bertz CT molecular complexity index is 414. The van der Waals surface area contributed by atoms with Crippen LogP contribution in [-0.4, -0.2) is 23.9 Å². The lowest BCUT2D eigenvalue weighted by molar-refractivity contribution is 0.101. The summed E-state index contributed by atoms with van der Waals surface area (Å²) < 4.78 is 11.2. The van der Waals surface area contributed by atoms with E-state index in [0.717, 1.165) is 0 Å². The van der Waals surface area contributed by atoms with Gasteiger partial charge in [0.05, 0.1) is 23.7 Å². The van der Waals surface area contributed by atoms with E-state index >= 15 is 0 Å². The standard InChI is InChI=1S/C14H19ClO3/c1-9(2)17-11-5-6-14(18-10(3)4)12(7-11)13(16)8-15/h5-7,9-10H,8H2,1-4H3. The predicted molar refractivity (Wildman–Crippen MR) is 73.0 cm³/mol. The zero-order valence-electron chi connectivity index (χ0n) is 11.2. The average molecular weight is 271 g/mol. The van der Waals surface area contributed by atoms with Crippen molar-refractivity contribution >= 4 is 17.4 Å². The van der Waals surface area contributed by atoms with Crippen LogP contribution >= 0.6 is 11.6 Å². The molecular weight excluding hydrogens is 252 g/mol. The molecule has 0 aliphatic heterocycles. The number of alkyl halides is 1. The van der Waals surface area contributed by atoms with Crippen molar-refractivity contribution in [3.8, 4) is 11.5 Å². The Labute approximate surface area is 113 Å². The van der Waals surface area contributed by atoms with Gasteiger partial charge in [-0.05, 0) is 45.9 Å². The first kappa shape index (κ1) is 14.8. The second kappa shape index (κ2) is 6.64. The summed E-state index contributed by atoms with van der Waals surface area (Å²) in [5.74, 6) is 0.961. The van der Waals surface area contributed by atoms with Crippen LogP contribution in [0.3, 0.4) is 0 Å². The number of rotatable bonds is 6. The molecule has 0 spiro atoms. The molecule has 1 aromatic rings. The summed E-state index contributed by atoms with van der Waals surface area (Å²) in [6, 6.07) is 5.22. The Balaban J connectivity index is 3.08. The molecule has 4 heteroatoms. The van der Waals surface area contributed by atoms with Crippen LogP contribution < -0.4 is 9.47 Å². The summed E-state index contributed by atoms with van der Waals surface area (Å²) in [6.45, 7) is 7.68. The molecular formula is C14H19ClO3. The summed E-state index contributed by atoms with van der Waals surface area (Å²) in [5, 5.41) is 0. The smallest absolute Gasteiger partial charge is 0.181 e. The maximum atomic E-state index is 11.8. The van der Waals surface area contributed by atoms with E-state index in [-0.39, 0.29) is 23.9 Å². The summed E-state index contributed by atoms with van der Waals surface area (Å²) in [5.41, 5.74) is 0.469. The van der Waals surface area contributed by atoms with Crippen LogP contribution in [0.5, 0.6) is 11.5 Å². The highest BCUT2D eigenvalue weighted by atomic mass is 35.5. The van der Waals surface area contributed by atoms with Gasteiger partial charge in [0, 0.05) is 0 Å². The second-order valence-electron chi connectivity index (χ2n) is 4.55. The van der Waals surface area contributed by atoms with Crippen molar-refractivity contribution < 1.29 is 14.3 Å². The molecule has 0 bridgehead atoms. The Morgan fingerprint density at radius 2 is 1.78 bits per heavy atom. The molecule has 0 saturated carbocycles. The lowest BCUT2D eigenvalue weighted by atomic mass is 10.1. The first-order valence-electron chi connectivity index (χ1n) is 6.00. The van der Waals surface area contributed by atoms with Gasteiger partial charge in [0.15, 0.2) is 5.78 Å². The van der Waals surface area contributed by atoms with E-state index in [1.165, 1.54) is 0 Å². The Kier molecular flexibility index (Phi) is 5.48. The third-order valence-electron chi connectivity index (χ3n) is 2.11. The summed E-state index contributed by atoms with van der Waals surface area (Å²) >= 11 is 5.61. The van der Waals surface area contributed by atoms with E-state index in [1.807, 2.05) is 27.7 Å². The van der Waals surface area contributed by atoms with Crippen LogP contribution in [0.4, 0.5) is 0 Å². The molecule has 0 fully saturated rings. The minimum atomic E-state index is -0.165. The molecule has 0 aliphatic rings. The number of benzene rings is 1. The molecule has 18 heavy (non-hydrogen) atoms. The van der Waals surface area contributed by atoms with Crippen molar-refractivity contribution in [1.29, 1.82) is 0 Å². The van der Waals surface area contributed by atoms with Gasteiger partial charge in [-0.3, -0.25) is 4.79 Å². The van der Waals surface area contributed by atoms with Gasteiger partial charge in [0.1, 0.15) is 11.5 Å². The van der Waals surface area contributed by atoms with E-state index in [4.69, 9.17) is 21.1 Å². The lowest BCUT2D eigenvalue weighted by Gasteiger charge is -2.16. The summed E-state index contributed by atoms with van der Waals surface area (Å²) in [4.78, 5) is 11.8. The summed E-state index contributed by atoms with van der Waals surface area (Å²) in [6.07, 6.45) is 0.0598. The highest BCUT2D eigenvalue weighted by Gasteiger charge is 2.14. The van der Waals surface area contributed by atoms with Crippen LogP contribution in [0.2, 0.25) is 0 Å². The molecule has 0 N–H and O–H groups in total. The van der Waals surface area contributed by atoms with Gasteiger partial charge in [-0.2, -0.15) is 0 Å². The Morgan fingerprint density at radius 1 is 1.17 bits per heavy atom. The topological polar surface area (TPSA) is 35.5 Å². The zero-order chi connectivity index (χ0) is 13.7. The van der Waals surface area contributed by atoms with Gasteiger partial charge in [-0.15, -0.1) is 11.6 Å². The van der Waals surface area contributed by atoms with Crippen molar-refractivity contribution in [3.05, 3.63) is 23.8 Å². The molecule has 1 aromatic carbocycles. The number of carbonyl (C=O) groups excluding carboxylic acids is 1. The zero-order valence-corrected chi connectivity index (χ0v) is 12.0. The molecule has 0 radical (unpaired) electrons. The number of Topliss-reactive ketones (excluding diaryl/α,β-unsaturated/α-hetero) is 1. The molecule has 0 atom stereocenters. The average Bonchev–Trinajstić information content (AvgIpc) is 2.28. The van der Waals surface area contributed by atoms with Gasteiger partial charge in [0.2, 0.25) is 0 Å². The van der Waals surface area contributed by atoms with Gasteiger partial charge in [0.25, 0.3) is 0 Å². The van der Waals surface area contributed by atoms with Crippen LogP contribution in [0.1, 0.15) is 38.1 Å². The highest BCUT2D eigenvalue weighted by Crippen LogP contribution is 2.26. The van der Waals surface area contributed by atoms with Crippen LogP contribution in [0.25, 0.3) is 0 Å². The Hall–Kier alpha value is -1.22. The fourth-order valence-corrected chi connectivity index (χ4v) is 1.65. The maximum Gasteiger partial charge on any atom is 0.181 e. The van der Waals surface area contributed by atoms with Crippen molar-refractivity contribution in [2.24, 2.45) is 0 Å². The highest BCUT2D eigenvalue weighted by molar-refractivity contribution is 6.30. The third kappa shape index (κ3) is 4.22. The predicted octanol–water partition coefficient (Wildman–Crippen LogP) is 3.68. The molecule has 0 aromatic heterocycles. The number of ether oxygens (including phenoxy) is 2. The van der Waals surface area contributed by atoms with Crippen LogP contribution in [-0.2, 0) is 0 Å². The third-order valence-corrected chi connectivity index (χ3v) is 2.35. The molecule has 0 amide bonds. The fraction of sp³-hybridized carbons (Fsp3) is 0.500. The number of ketones is 1. The van der Waals surface area contributed by atoms with Gasteiger partial charge >= 0.3 is 0 Å². The van der Waals surface area contributed by atoms with E-state index in [1.54, 1.807) is 18.2 Å². The first-order valence-corrected chi connectivity index (χ1v) is 6.54. The molecule has 3 nitrogen and oxygen atoms in total. The number of hydrogen-bond acceptors (Lipinski definition) is 3. The van der Waals surface area contributed by atoms with Crippen molar-refractivity contribution in [2.45, 2.75) is 39.9 Å². The monoisotopic (exact) mass is 270 g/mol. The molecule has 100 valence electrons. The minimum Gasteiger partial charge on any atom is -0.491 e. The minimum absolute atomic E-state index is 0.00347. The first-order chi connectivity index (χ1) is 8.43. The van der Waals surface area contributed by atoms with Gasteiger partial charge in [-0.25, -0.2) is 0 Å². The van der Waals surface area contributed by atoms with E-state index in [0.29, 0.717) is 17.1 Å². The molecule has 0 aliphatic carbocycles. The maximum absolute atomic E-state index is 11.8. The number of hydrogen-bond donors (Lipinski definition) is 0. The number of halogens is 1. The molecule has 0 saturated heterocycles. The van der Waals surface area contributed by atoms with Crippen LogP contribution in [0, 0.1) is 0 Å². The lowest BCUT2D eigenvalue weighted by Crippen LogP contribution is -2.12. The van der Waals surface area contributed by atoms with E-state index in [9.17, 15) is 4.79 Å². The van der Waals surface area contributed by atoms with Crippen molar-refractivity contribution in [1.82, 2.24) is 0 Å². The van der Waals surface area contributed by atoms with E-state index < -0.39 is 0 Å². The normalized spacial score (nSPS) is 10.8. The SMILES string of the molecule is CC(C)Oc1ccc(OC(C)C)c(C(=O)CCl)c1. The fourth-order valence-electron chi connectivity index (χ4n) is 1.50. The van der Waals surface area contributed by atoms with Crippen molar-refractivity contribution in [3.63, 3.8) is 0 Å².